The van der Waals surface area contributed by atoms with E-state index >= 15 is 0 Å². The van der Waals surface area contributed by atoms with Gasteiger partial charge in [0, 0.05) is 38.3 Å². The van der Waals surface area contributed by atoms with Crippen LogP contribution in [0.2, 0.25) is 0 Å². The first-order valence-electron chi connectivity index (χ1n) is 11.7. The lowest BCUT2D eigenvalue weighted by atomic mass is 9.82. The van der Waals surface area contributed by atoms with Gasteiger partial charge in [0.15, 0.2) is 11.5 Å². The summed E-state index contributed by atoms with van der Waals surface area (Å²) >= 11 is 0. The first kappa shape index (κ1) is 23.0. The number of benzene rings is 2. The summed E-state index contributed by atoms with van der Waals surface area (Å²) in [4.78, 5) is 29.6. The van der Waals surface area contributed by atoms with E-state index in [2.05, 4.69) is 5.32 Å². The molecular formula is C26H33N3O4. The number of urea groups is 1. The molecule has 0 aliphatic carbocycles. The van der Waals surface area contributed by atoms with E-state index in [9.17, 15) is 9.59 Å². The quantitative estimate of drug-likeness (QED) is 0.720. The smallest absolute Gasteiger partial charge is 0.321 e. The molecule has 2 aliphatic heterocycles. The number of hydrogen-bond acceptors (Lipinski definition) is 4. The van der Waals surface area contributed by atoms with Gasteiger partial charge in [-0.1, -0.05) is 30.3 Å². The highest BCUT2D eigenvalue weighted by Gasteiger charge is 2.36. The summed E-state index contributed by atoms with van der Waals surface area (Å²) in [6.45, 7) is 2.77. The Bertz CT molecular complexity index is 965. The van der Waals surface area contributed by atoms with Gasteiger partial charge in [-0.15, -0.1) is 0 Å². The van der Waals surface area contributed by atoms with E-state index in [0.717, 1.165) is 36.4 Å². The topological polar surface area (TPSA) is 71.1 Å². The van der Waals surface area contributed by atoms with E-state index in [4.69, 9.17) is 9.47 Å². The molecule has 2 saturated heterocycles. The Labute approximate surface area is 195 Å². The van der Waals surface area contributed by atoms with Gasteiger partial charge >= 0.3 is 6.03 Å². The molecule has 3 amide bonds. The second-order valence-electron chi connectivity index (χ2n) is 8.83. The first-order chi connectivity index (χ1) is 16.1. The molecule has 0 unspecified atom stereocenters. The van der Waals surface area contributed by atoms with E-state index in [0.29, 0.717) is 50.1 Å². The number of nitrogens with one attached hydrogen (secondary N) is 1. The second kappa shape index (κ2) is 10.6. The molecule has 1 N–H and O–H groups in total. The van der Waals surface area contributed by atoms with E-state index in [-0.39, 0.29) is 11.9 Å². The fraction of sp³-hybridized carbons (Fsp3) is 0.462. The number of likely N-dealkylation sites (tertiary alicyclic amines) is 2. The molecule has 2 heterocycles. The van der Waals surface area contributed by atoms with Crippen LogP contribution in [0.15, 0.2) is 48.5 Å². The molecule has 176 valence electrons. The summed E-state index contributed by atoms with van der Waals surface area (Å²) in [5.41, 5.74) is 1.84. The first-order valence-corrected chi connectivity index (χ1v) is 11.7. The molecule has 2 aromatic rings. The summed E-state index contributed by atoms with van der Waals surface area (Å²) in [7, 11) is 3.27. The van der Waals surface area contributed by atoms with E-state index in [1.54, 1.807) is 14.2 Å². The Morgan fingerprint density at radius 2 is 1.79 bits per heavy atom. The minimum absolute atomic E-state index is 0.0581. The van der Waals surface area contributed by atoms with Crippen LogP contribution in [0, 0.1) is 11.8 Å². The van der Waals surface area contributed by atoms with Crippen molar-refractivity contribution in [3.63, 3.8) is 0 Å². The lowest BCUT2D eigenvalue weighted by molar-refractivity contribution is -0.131. The van der Waals surface area contributed by atoms with Crippen LogP contribution in [0.25, 0.3) is 0 Å². The number of rotatable bonds is 6. The standard InChI is InChI=1S/C26H33N3O4/c1-32-23-10-6-7-19(25(23)33-2)11-14-28-15-13-21-18-29(16-12-20(21)17-24(28)30)26(31)27-22-8-4-3-5-9-22/h3-10,20-21H,11-18H2,1-2H3,(H,27,31)/t20-,21+/m0/s1. The van der Waals surface area contributed by atoms with Crippen LogP contribution in [-0.2, 0) is 11.2 Å². The number of carbonyl (C=O) groups excluding carboxylic acids is 2. The Kier molecular flexibility index (Phi) is 7.37. The van der Waals surface area contributed by atoms with Crippen molar-refractivity contribution < 1.29 is 19.1 Å². The number of amides is 3. The summed E-state index contributed by atoms with van der Waals surface area (Å²) in [5, 5.41) is 2.99. The van der Waals surface area contributed by atoms with Crippen LogP contribution in [0.3, 0.4) is 0 Å². The molecule has 0 bridgehead atoms. The van der Waals surface area contributed by atoms with Crippen LogP contribution in [0.4, 0.5) is 10.5 Å². The number of nitrogens with zero attached hydrogens (tertiary/aromatic N) is 2. The van der Waals surface area contributed by atoms with Gasteiger partial charge in [-0.25, -0.2) is 4.79 Å². The highest BCUT2D eigenvalue weighted by Crippen LogP contribution is 2.34. The van der Waals surface area contributed by atoms with Crippen LogP contribution in [0.5, 0.6) is 11.5 Å². The highest BCUT2D eigenvalue weighted by molar-refractivity contribution is 5.89. The van der Waals surface area contributed by atoms with E-state index in [1.165, 1.54) is 0 Å². The molecule has 0 saturated carbocycles. The number of fused-ring (bicyclic) bond motifs is 1. The molecule has 2 fully saturated rings. The van der Waals surface area contributed by atoms with Crippen molar-refractivity contribution in [3.8, 4) is 11.5 Å². The van der Waals surface area contributed by atoms with Crippen molar-refractivity contribution in [2.75, 3.05) is 45.7 Å². The number of para-hydroxylation sites is 2. The number of carbonyl (C=O) groups is 2. The molecule has 4 rings (SSSR count). The Hall–Kier alpha value is -3.22. The molecule has 0 aromatic heterocycles. The fourth-order valence-electron chi connectivity index (χ4n) is 5.03. The summed E-state index contributed by atoms with van der Waals surface area (Å²) in [6.07, 6.45) is 3.07. The zero-order chi connectivity index (χ0) is 23.2. The average molecular weight is 452 g/mol. The minimum Gasteiger partial charge on any atom is -0.493 e. The van der Waals surface area contributed by atoms with Gasteiger partial charge in [0.25, 0.3) is 0 Å². The van der Waals surface area contributed by atoms with Gasteiger partial charge in [-0.2, -0.15) is 0 Å². The molecular weight excluding hydrogens is 418 g/mol. The number of piperidine rings is 1. The van der Waals surface area contributed by atoms with E-state index in [1.807, 2.05) is 58.3 Å². The number of anilines is 1. The third-order valence-corrected chi connectivity index (χ3v) is 6.90. The monoisotopic (exact) mass is 451 g/mol. The Morgan fingerprint density at radius 3 is 2.55 bits per heavy atom. The molecule has 7 heteroatoms. The minimum atomic E-state index is -0.0581. The van der Waals surface area contributed by atoms with Crippen molar-refractivity contribution in [2.24, 2.45) is 11.8 Å². The average Bonchev–Trinajstić information content (AvgIpc) is 3.00. The summed E-state index contributed by atoms with van der Waals surface area (Å²) in [5.74, 6) is 2.34. The number of hydrogen-bond donors (Lipinski definition) is 1. The second-order valence-corrected chi connectivity index (χ2v) is 8.83. The van der Waals surface area contributed by atoms with Crippen molar-refractivity contribution in [2.45, 2.75) is 25.7 Å². The number of ether oxygens (including phenoxy) is 2. The van der Waals surface area contributed by atoms with Crippen LogP contribution >= 0.6 is 0 Å². The molecule has 33 heavy (non-hydrogen) atoms. The van der Waals surface area contributed by atoms with Gasteiger partial charge in [-0.05, 0) is 54.9 Å². The van der Waals surface area contributed by atoms with E-state index < -0.39 is 0 Å². The molecule has 2 aromatic carbocycles. The van der Waals surface area contributed by atoms with Gasteiger partial charge < -0.3 is 24.6 Å². The summed E-state index contributed by atoms with van der Waals surface area (Å²) < 4.78 is 10.9. The predicted octanol–water partition coefficient (Wildman–Crippen LogP) is 4.04. The van der Waals surface area contributed by atoms with Crippen LogP contribution < -0.4 is 14.8 Å². The zero-order valence-electron chi connectivity index (χ0n) is 19.5. The van der Waals surface area contributed by atoms with Gasteiger partial charge in [0.1, 0.15) is 0 Å². The van der Waals surface area contributed by atoms with Crippen molar-refractivity contribution in [3.05, 3.63) is 54.1 Å². The zero-order valence-corrected chi connectivity index (χ0v) is 19.5. The third kappa shape index (κ3) is 5.41. The largest absolute Gasteiger partial charge is 0.493 e. The normalized spacial score (nSPS) is 20.6. The van der Waals surface area contributed by atoms with Gasteiger partial charge in [0.2, 0.25) is 5.91 Å². The van der Waals surface area contributed by atoms with Crippen LogP contribution in [0.1, 0.15) is 24.8 Å². The van der Waals surface area contributed by atoms with Gasteiger partial charge in [0.05, 0.1) is 14.2 Å². The fourth-order valence-corrected chi connectivity index (χ4v) is 5.03. The predicted molar refractivity (Wildman–Crippen MR) is 128 cm³/mol. The summed E-state index contributed by atoms with van der Waals surface area (Å²) in [6, 6.07) is 15.3. The van der Waals surface area contributed by atoms with Crippen molar-refractivity contribution in [1.29, 1.82) is 0 Å². The Balaban J connectivity index is 1.35. The molecule has 0 spiro atoms. The van der Waals surface area contributed by atoms with Gasteiger partial charge in [-0.3, -0.25) is 4.79 Å². The highest BCUT2D eigenvalue weighted by atomic mass is 16.5. The Morgan fingerprint density at radius 1 is 1.00 bits per heavy atom. The lowest BCUT2D eigenvalue weighted by Crippen LogP contribution is -2.45. The van der Waals surface area contributed by atoms with Crippen molar-refractivity contribution in [1.82, 2.24) is 9.80 Å². The lowest BCUT2D eigenvalue weighted by Gasteiger charge is -2.37. The molecule has 2 aliphatic rings. The van der Waals surface area contributed by atoms with Crippen LogP contribution in [-0.4, -0.2) is 62.1 Å². The molecule has 7 nitrogen and oxygen atoms in total. The number of methoxy groups -OCH3 is 2. The third-order valence-electron chi connectivity index (χ3n) is 6.90. The SMILES string of the molecule is COc1cccc(CCN2CC[C@@H]3CN(C(=O)Nc4ccccc4)CC[C@H]3CC2=O)c1OC. The maximum Gasteiger partial charge on any atom is 0.321 e. The molecule has 2 atom stereocenters. The maximum absolute atomic E-state index is 13.0. The maximum atomic E-state index is 13.0. The molecule has 0 radical (unpaired) electrons. The van der Waals surface area contributed by atoms with Crippen molar-refractivity contribution >= 4 is 17.6 Å².